The van der Waals surface area contributed by atoms with Crippen molar-refractivity contribution < 1.29 is 17.7 Å². The third-order valence-corrected chi connectivity index (χ3v) is 6.64. The van der Waals surface area contributed by atoms with Gasteiger partial charge in [-0.1, -0.05) is 65.8 Å². The first-order valence-corrected chi connectivity index (χ1v) is 12.9. The molecule has 1 heterocycles. The van der Waals surface area contributed by atoms with E-state index in [9.17, 15) is 13.2 Å². The molecule has 0 aliphatic heterocycles. The van der Waals surface area contributed by atoms with E-state index in [0.717, 1.165) is 22.3 Å². The second-order valence-corrected chi connectivity index (χ2v) is 10.2. The van der Waals surface area contributed by atoms with Gasteiger partial charge in [0.25, 0.3) is 5.91 Å². The summed E-state index contributed by atoms with van der Waals surface area (Å²) in [6.45, 7) is 4.03. The summed E-state index contributed by atoms with van der Waals surface area (Å²) in [5.74, 6) is 0.454. The summed E-state index contributed by atoms with van der Waals surface area (Å²) in [4.78, 5) is 16.9. The molecule has 1 aromatic heterocycles. The first-order valence-electron chi connectivity index (χ1n) is 11.0. The second-order valence-electron chi connectivity index (χ2n) is 8.27. The van der Waals surface area contributed by atoms with Crippen molar-refractivity contribution >= 4 is 21.6 Å². The Morgan fingerprint density at radius 1 is 0.943 bits per heavy atom. The van der Waals surface area contributed by atoms with E-state index in [1.807, 2.05) is 62.4 Å². The van der Waals surface area contributed by atoms with E-state index in [-0.39, 0.29) is 19.0 Å². The number of carbonyl (C=O) groups is 1. The van der Waals surface area contributed by atoms with E-state index in [0.29, 0.717) is 23.0 Å². The van der Waals surface area contributed by atoms with Gasteiger partial charge in [-0.05, 0) is 42.7 Å². The lowest BCUT2D eigenvalue weighted by molar-refractivity contribution is 0.0946. The predicted molar refractivity (Wildman–Crippen MR) is 134 cm³/mol. The van der Waals surface area contributed by atoms with E-state index in [1.165, 1.54) is 10.6 Å². The summed E-state index contributed by atoms with van der Waals surface area (Å²) in [5, 5.41) is 6.71. The molecule has 0 unspecified atom stereocenters. The number of anilines is 1. The quantitative estimate of drug-likeness (QED) is 0.396. The summed E-state index contributed by atoms with van der Waals surface area (Å²) >= 11 is 0. The number of sulfonamides is 1. The van der Waals surface area contributed by atoms with Gasteiger partial charge in [-0.2, -0.15) is 4.98 Å². The summed E-state index contributed by atoms with van der Waals surface area (Å²) in [5.41, 5.74) is 4.46. The number of amides is 1. The number of rotatable bonds is 8. The minimum Gasteiger partial charge on any atom is -0.343 e. The molecule has 35 heavy (non-hydrogen) atoms. The topological polar surface area (TPSA) is 105 Å². The lowest BCUT2D eigenvalue weighted by Gasteiger charge is -2.26. The van der Waals surface area contributed by atoms with Crippen molar-refractivity contribution in [3.8, 4) is 11.4 Å². The molecule has 1 amide bonds. The van der Waals surface area contributed by atoms with Gasteiger partial charge < -0.3 is 9.84 Å². The van der Waals surface area contributed by atoms with Crippen LogP contribution in [0.1, 0.15) is 32.9 Å². The molecule has 0 saturated carbocycles. The molecule has 0 fully saturated rings. The third kappa shape index (κ3) is 5.75. The van der Waals surface area contributed by atoms with E-state index in [1.54, 1.807) is 24.3 Å². The molecule has 0 radical (unpaired) electrons. The smallest absolute Gasteiger partial charge is 0.251 e. The molecule has 8 nitrogen and oxygen atoms in total. The zero-order valence-electron chi connectivity index (χ0n) is 19.7. The van der Waals surface area contributed by atoms with E-state index in [4.69, 9.17) is 4.52 Å². The Bertz CT molecular complexity index is 1410. The molecule has 3 aromatic carbocycles. The van der Waals surface area contributed by atoms with Gasteiger partial charge in [0.2, 0.25) is 21.7 Å². The number of para-hydroxylation sites is 1. The van der Waals surface area contributed by atoms with Crippen molar-refractivity contribution in [3.05, 3.63) is 101 Å². The van der Waals surface area contributed by atoms with Crippen LogP contribution in [-0.4, -0.2) is 30.7 Å². The van der Waals surface area contributed by atoms with Crippen LogP contribution in [-0.2, 0) is 23.1 Å². The SMILES string of the molecule is Cc1cccc(C)c1N(Cc1ccc(C(=O)NCc2nc(-c3ccccc3)no2)cc1)S(C)(=O)=O. The van der Waals surface area contributed by atoms with Gasteiger partial charge >= 0.3 is 0 Å². The standard InChI is InChI=1S/C26H26N4O4S/c1-18-8-7-9-19(2)24(18)30(35(3,32)33)17-20-12-14-22(15-13-20)26(31)27-16-23-28-25(29-34-23)21-10-5-4-6-11-21/h4-15H,16-17H2,1-3H3,(H,27,31). The first kappa shape index (κ1) is 24.2. The molecule has 0 spiro atoms. The van der Waals surface area contributed by atoms with Crippen LogP contribution in [0.2, 0.25) is 0 Å². The summed E-state index contributed by atoms with van der Waals surface area (Å²) in [6.07, 6.45) is 1.20. The number of hydrogen-bond acceptors (Lipinski definition) is 6. The van der Waals surface area contributed by atoms with Gasteiger partial charge in [0.1, 0.15) is 0 Å². The minimum absolute atomic E-state index is 0.0921. The van der Waals surface area contributed by atoms with Crippen molar-refractivity contribution in [1.82, 2.24) is 15.5 Å². The van der Waals surface area contributed by atoms with Crippen molar-refractivity contribution in [2.24, 2.45) is 0 Å². The zero-order chi connectivity index (χ0) is 25.0. The molecular formula is C26H26N4O4S. The highest BCUT2D eigenvalue weighted by molar-refractivity contribution is 7.92. The van der Waals surface area contributed by atoms with Crippen molar-refractivity contribution in [1.29, 1.82) is 0 Å². The van der Waals surface area contributed by atoms with Gasteiger partial charge in [-0.25, -0.2) is 8.42 Å². The number of carbonyl (C=O) groups excluding carboxylic acids is 1. The molecule has 0 saturated heterocycles. The second kappa shape index (κ2) is 10.1. The summed E-state index contributed by atoms with van der Waals surface area (Å²) < 4.78 is 31.8. The average molecular weight is 491 g/mol. The Labute approximate surface area is 204 Å². The van der Waals surface area contributed by atoms with E-state index in [2.05, 4.69) is 15.5 Å². The van der Waals surface area contributed by atoms with Crippen molar-refractivity contribution in [2.45, 2.75) is 26.9 Å². The lowest BCUT2D eigenvalue weighted by Crippen LogP contribution is -2.30. The van der Waals surface area contributed by atoms with Gasteiger partial charge in [0.05, 0.1) is 25.0 Å². The highest BCUT2D eigenvalue weighted by Crippen LogP contribution is 2.28. The van der Waals surface area contributed by atoms with Crippen molar-refractivity contribution in [3.63, 3.8) is 0 Å². The van der Waals surface area contributed by atoms with Crippen LogP contribution in [0.25, 0.3) is 11.4 Å². The van der Waals surface area contributed by atoms with Gasteiger partial charge in [0.15, 0.2) is 0 Å². The fourth-order valence-electron chi connectivity index (χ4n) is 3.78. The average Bonchev–Trinajstić information content (AvgIpc) is 3.31. The Morgan fingerprint density at radius 2 is 1.60 bits per heavy atom. The molecule has 0 atom stereocenters. The molecule has 4 rings (SSSR count). The highest BCUT2D eigenvalue weighted by atomic mass is 32.2. The maximum Gasteiger partial charge on any atom is 0.251 e. The maximum absolute atomic E-state index is 12.6. The Morgan fingerprint density at radius 3 is 2.23 bits per heavy atom. The predicted octanol–water partition coefficient (Wildman–Crippen LogP) is 4.25. The molecule has 9 heteroatoms. The molecular weight excluding hydrogens is 464 g/mol. The molecule has 0 bridgehead atoms. The highest BCUT2D eigenvalue weighted by Gasteiger charge is 2.21. The van der Waals surface area contributed by atoms with Gasteiger partial charge in [-0.3, -0.25) is 9.10 Å². The Hall–Kier alpha value is -3.98. The first-order chi connectivity index (χ1) is 16.7. The number of nitrogens with zero attached hydrogens (tertiary/aromatic N) is 3. The van der Waals surface area contributed by atoms with Crippen LogP contribution in [0, 0.1) is 13.8 Å². The molecule has 1 N–H and O–H groups in total. The van der Waals surface area contributed by atoms with Crippen LogP contribution < -0.4 is 9.62 Å². The van der Waals surface area contributed by atoms with Crippen LogP contribution >= 0.6 is 0 Å². The largest absolute Gasteiger partial charge is 0.343 e. The fourth-order valence-corrected chi connectivity index (χ4v) is 4.78. The number of benzene rings is 3. The van der Waals surface area contributed by atoms with Crippen LogP contribution in [0.3, 0.4) is 0 Å². The summed E-state index contributed by atoms with van der Waals surface area (Å²) in [6, 6.07) is 21.9. The maximum atomic E-state index is 12.6. The van der Waals surface area contributed by atoms with Crippen LogP contribution in [0.4, 0.5) is 5.69 Å². The number of hydrogen-bond donors (Lipinski definition) is 1. The van der Waals surface area contributed by atoms with Crippen LogP contribution in [0.15, 0.2) is 77.3 Å². The number of aryl methyl sites for hydroxylation is 2. The van der Waals surface area contributed by atoms with Crippen LogP contribution in [0.5, 0.6) is 0 Å². The summed E-state index contributed by atoms with van der Waals surface area (Å²) in [7, 11) is -3.51. The minimum atomic E-state index is -3.51. The number of aromatic nitrogens is 2. The number of nitrogens with one attached hydrogen (secondary N) is 1. The van der Waals surface area contributed by atoms with Crippen molar-refractivity contribution in [2.75, 3.05) is 10.6 Å². The Kier molecular flexibility index (Phi) is 6.97. The van der Waals surface area contributed by atoms with Gasteiger partial charge in [0, 0.05) is 11.1 Å². The van der Waals surface area contributed by atoms with E-state index >= 15 is 0 Å². The zero-order valence-corrected chi connectivity index (χ0v) is 20.5. The lowest BCUT2D eigenvalue weighted by atomic mass is 10.1. The van der Waals surface area contributed by atoms with E-state index < -0.39 is 10.0 Å². The molecule has 0 aliphatic carbocycles. The molecule has 180 valence electrons. The Balaban J connectivity index is 1.43. The monoisotopic (exact) mass is 490 g/mol. The van der Waals surface area contributed by atoms with Gasteiger partial charge in [-0.15, -0.1) is 0 Å². The normalized spacial score (nSPS) is 11.3. The molecule has 4 aromatic rings. The fraction of sp³-hybridized carbons (Fsp3) is 0.192. The third-order valence-electron chi connectivity index (χ3n) is 5.53. The molecule has 0 aliphatic rings.